The Hall–Kier alpha value is -1.20. The number of aryl methyl sites for hydroxylation is 2. The van der Waals surface area contributed by atoms with Crippen LogP contribution >= 0.6 is 15.9 Å². The smallest absolute Gasteiger partial charge is 0.124 e. The molecule has 0 fully saturated rings. The number of hydrogen-bond acceptors (Lipinski definition) is 2. The number of nitrogens with one attached hydrogen (secondary N) is 1. The van der Waals surface area contributed by atoms with Gasteiger partial charge in [0.15, 0.2) is 0 Å². The molecule has 0 saturated heterocycles. The van der Waals surface area contributed by atoms with Crippen LogP contribution in [0.2, 0.25) is 0 Å². The van der Waals surface area contributed by atoms with Gasteiger partial charge in [-0.05, 0) is 50.1 Å². The fourth-order valence-electron chi connectivity index (χ4n) is 2.54. The molecule has 0 spiro atoms. The topological polar surface area (TPSA) is 29.9 Å². The summed E-state index contributed by atoms with van der Waals surface area (Å²) in [4.78, 5) is 0. The van der Waals surface area contributed by atoms with Crippen molar-refractivity contribution in [2.24, 2.45) is 7.05 Å². The van der Waals surface area contributed by atoms with Gasteiger partial charge in [-0.15, -0.1) is 0 Å². The molecule has 2 rings (SSSR count). The van der Waals surface area contributed by atoms with Crippen LogP contribution in [0.25, 0.3) is 0 Å². The first kappa shape index (κ1) is 16.2. The lowest BCUT2D eigenvalue weighted by molar-refractivity contribution is 0.525. The molecule has 0 aliphatic rings. The summed E-state index contributed by atoms with van der Waals surface area (Å²) < 4.78 is 16.1. The minimum absolute atomic E-state index is 0.146. The molecule has 0 bridgehead atoms. The number of benzene rings is 1. The van der Waals surface area contributed by atoms with Crippen LogP contribution in [0, 0.1) is 12.7 Å². The second kappa shape index (κ2) is 7.18. The molecule has 5 heteroatoms. The molecule has 0 radical (unpaired) electrons. The van der Waals surface area contributed by atoms with Crippen LogP contribution in [0.5, 0.6) is 0 Å². The van der Waals surface area contributed by atoms with E-state index in [2.05, 4.69) is 33.3 Å². The van der Waals surface area contributed by atoms with Crippen molar-refractivity contribution in [2.45, 2.75) is 32.7 Å². The molecule has 21 heavy (non-hydrogen) atoms. The number of halogens is 2. The molecule has 0 amide bonds. The molecule has 3 nitrogen and oxygen atoms in total. The average Bonchev–Trinajstić information content (AvgIpc) is 2.72. The Morgan fingerprint density at radius 1 is 1.38 bits per heavy atom. The van der Waals surface area contributed by atoms with Crippen LogP contribution in [0.4, 0.5) is 4.39 Å². The molecule has 0 saturated carbocycles. The molecule has 0 aliphatic carbocycles. The Morgan fingerprint density at radius 2 is 2.14 bits per heavy atom. The van der Waals surface area contributed by atoms with Crippen molar-refractivity contribution in [2.75, 3.05) is 6.54 Å². The summed E-state index contributed by atoms with van der Waals surface area (Å²) in [7, 11) is 1.92. The summed E-state index contributed by atoms with van der Waals surface area (Å²) in [5, 5.41) is 7.95. The average molecular weight is 354 g/mol. The number of nitrogens with zero attached hydrogens (tertiary/aromatic N) is 2. The maximum absolute atomic E-state index is 13.5. The first-order chi connectivity index (χ1) is 9.99. The highest BCUT2D eigenvalue weighted by atomic mass is 79.9. The predicted octanol–water partition coefficient (Wildman–Crippen LogP) is 3.91. The van der Waals surface area contributed by atoms with Crippen molar-refractivity contribution < 1.29 is 4.39 Å². The Balaban J connectivity index is 2.25. The van der Waals surface area contributed by atoms with Gasteiger partial charge in [0.2, 0.25) is 0 Å². The van der Waals surface area contributed by atoms with Crippen molar-refractivity contribution >= 4 is 15.9 Å². The van der Waals surface area contributed by atoms with Crippen LogP contribution in [0.3, 0.4) is 0 Å². The van der Waals surface area contributed by atoms with Gasteiger partial charge in [0.05, 0.1) is 5.69 Å². The highest BCUT2D eigenvalue weighted by molar-refractivity contribution is 9.10. The summed E-state index contributed by atoms with van der Waals surface area (Å²) in [5.41, 5.74) is 3.16. The number of hydrogen-bond donors (Lipinski definition) is 1. The third-order valence-corrected chi connectivity index (χ3v) is 3.89. The van der Waals surface area contributed by atoms with Crippen molar-refractivity contribution in [1.29, 1.82) is 0 Å². The van der Waals surface area contributed by atoms with E-state index in [1.807, 2.05) is 30.9 Å². The van der Waals surface area contributed by atoms with Gasteiger partial charge >= 0.3 is 0 Å². The molecule has 1 unspecified atom stereocenters. The molecular formula is C16H21BrFN3. The van der Waals surface area contributed by atoms with Gasteiger partial charge in [-0.25, -0.2) is 4.39 Å². The maximum atomic E-state index is 13.5. The predicted molar refractivity (Wildman–Crippen MR) is 86.8 cm³/mol. The molecule has 1 aromatic heterocycles. The highest BCUT2D eigenvalue weighted by Crippen LogP contribution is 2.23. The normalized spacial score (nSPS) is 12.6. The van der Waals surface area contributed by atoms with E-state index in [1.165, 1.54) is 11.6 Å². The summed E-state index contributed by atoms with van der Waals surface area (Å²) in [6.45, 7) is 5.08. The molecule has 1 aromatic carbocycles. The van der Waals surface area contributed by atoms with E-state index in [0.717, 1.165) is 35.1 Å². The van der Waals surface area contributed by atoms with Gasteiger partial charge in [-0.1, -0.05) is 22.9 Å². The zero-order valence-corrected chi connectivity index (χ0v) is 14.2. The van der Waals surface area contributed by atoms with E-state index in [4.69, 9.17) is 0 Å². The Labute approximate surface area is 133 Å². The van der Waals surface area contributed by atoms with E-state index in [0.29, 0.717) is 0 Å². The summed E-state index contributed by atoms with van der Waals surface area (Å²) in [6, 6.07) is 5.19. The van der Waals surface area contributed by atoms with E-state index in [9.17, 15) is 4.39 Å². The number of aromatic nitrogens is 2. The summed E-state index contributed by atoms with van der Waals surface area (Å²) in [6.07, 6.45) is 3.84. The van der Waals surface area contributed by atoms with Crippen LogP contribution in [0.1, 0.15) is 36.2 Å². The van der Waals surface area contributed by atoms with Gasteiger partial charge in [0.25, 0.3) is 0 Å². The Bertz CT molecular complexity index is 589. The standard InChI is InChI=1S/C16H21BrFN3/c1-4-5-19-16(15-10-21(3)20-11(15)2)8-12-6-13(17)9-14(18)7-12/h6-7,9-10,16,19H,4-5,8H2,1-3H3. The lowest BCUT2D eigenvalue weighted by Crippen LogP contribution is -2.24. The Kier molecular flexibility index (Phi) is 5.53. The van der Waals surface area contributed by atoms with Gasteiger partial charge in [-0.2, -0.15) is 5.10 Å². The minimum Gasteiger partial charge on any atom is -0.310 e. The summed E-state index contributed by atoms with van der Waals surface area (Å²) >= 11 is 3.35. The largest absolute Gasteiger partial charge is 0.310 e. The van der Waals surface area contributed by atoms with Gasteiger partial charge in [0.1, 0.15) is 5.82 Å². The minimum atomic E-state index is -0.212. The zero-order valence-electron chi connectivity index (χ0n) is 12.7. The third-order valence-electron chi connectivity index (χ3n) is 3.43. The molecule has 1 atom stereocenters. The first-order valence-corrected chi connectivity index (χ1v) is 7.97. The highest BCUT2D eigenvalue weighted by Gasteiger charge is 2.17. The molecule has 2 aromatic rings. The first-order valence-electron chi connectivity index (χ1n) is 7.18. The third kappa shape index (κ3) is 4.38. The fraction of sp³-hybridized carbons (Fsp3) is 0.438. The van der Waals surface area contributed by atoms with Crippen molar-refractivity contribution in [3.63, 3.8) is 0 Å². The quantitative estimate of drug-likeness (QED) is 0.852. The van der Waals surface area contributed by atoms with Crippen LogP contribution in [-0.4, -0.2) is 16.3 Å². The van der Waals surface area contributed by atoms with E-state index >= 15 is 0 Å². The van der Waals surface area contributed by atoms with Crippen LogP contribution in [-0.2, 0) is 13.5 Å². The SMILES string of the molecule is CCCNC(Cc1cc(F)cc(Br)c1)c1cn(C)nc1C. The molecular weight excluding hydrogens is 333 g/mol. The van der Waals surface area contributed by atoms with E-state index in [-0.39, 0.29) is 11.9 Å². The van der Waals surface area contributed by atoms with E-state index < -0.39 is 0 Å². The van der Waals surface area contributed by atoms with Crippen LogP contribution in [0.15, 0.2) is 28.9 Å². The molecule has 1 heterocycles. The van der Waals surface area contributed by atoms with Gasteiger partial charge in [-0.3, -0.25) is 4.68 Å². The molecule has 0 aliphatic heterocycles. The maximum Gasteiger partial charge on any atom is 0.124 e. The van der Waals surface area contributed by atoms with E-state index in [1.54, 1.807) is 6.07 Å². The lowest BCUT2D eigenvalue weighted by Gasteiger charge is -2.18. The lowest BCUT2D eigenvalue weighted by atomic mass is 9.99. The van der Waals surface area contributed by atoms with Crippen molar-refractivity contribution in [3.8, 4) is 0 Å². The van der Waals surface area contributed by atoms with Crippen LogP contribution < -0.4 is 5.32 Å². The zero-order chi connectivity index (χ0) is 15.4. The molecule has 114 valence electrons. The van der Waals surface area contributed by atoms with Crippen molar-refractivity contribution in [3.05, 3.63) is 51.5 Å². The fourth-order valence-corrected chi connectivity index (χ4v) is 3.05. The summed E-state index contributed by atoms with van der Waals surface area (Å²) in [5.74, 6) is -0.212. The van der Waals surface area contributed by atoms with Gasteiger partial charge in [0, 0.05) is 29.3 Å². The second-order valence-electron chi connectivity index (χ2n) is 5.33. The molecule has 1 N–H and O–H groups in total. The second-order valence-corrected chi connectivity index (χ2v) is 6.25. The van der Waals surface area contributed by atoms with Crippen molar-refractivity contribution in [1.82, 2.24) is 15.1 Å². The number of rotatable bonds is 6. The van der Waals surface area contributed by atoms with Gasteiger partial charge < -0.3 is 5.32 Å². The Morgan fingerprint density at radius 3 is 2.71 bits per heavy atom. The monoisotopic (exact) mass is 353 g/mol.